The molecule has 0 spiro atoms. The fourth-order valence-corrected chi connectivity index (χ4v) is 4.93. The molecule has 294 valence electrons. The summed E-state index contributed by atoms with van der Waals surface area (Å²) < 4.78 is 169. The fourth-order valence-electron chi connectivity index (χ4n) is 4.93. The molecule has 2 aromatic carbocycles. The maximum Gasteiger partial charge on any atom is 0.573 e. The largest absolute Gasteiger partial charge is 0.573 e. The molecule has 0 bridgehead atoms. The molecule has 4 aromatic heterocycles. The van der Waals surface area contributed by atoms with Gasteiger partial charge in [-0.1, -0.05) is 10.4 Å². The third-order valence-corrected chi connectivity index (χ3v) is 6.95. The Morgan fingerprint density at radius 2 is 1.02 bits per heavy atom. The molecule has 4 heterocycles. The van der Waals surface area contributed by atoms with E-state index in [1.54, 1.807) is 0 Å². The standard InChI is InChI=1S/C16H12F6N4O2.C15H10F6N4O2/c1-27-7-9-6-10(28-16(20,21)22)2-3-11(9)12-4-5-13-14(23-12)26(25-24-13)8-15(17,18)19;1-26-12-6-8(27-15(19,20)21)2-3-9(12)10-4-5-11-13(22-10)25(24-23-11)7-14(16,17)18/h2-6H,7-8H2,1H3;2-6H,7H2,1H3. The SMILES string of the molecule is COCc1cc(OC(F)(F)F)ccc1-c1ccc2nnn(CC(F)(F)F)c2n1.COc1cc(OC(F)(F)F)ccc1-c1ccc2nnn(CC(F)(F)F)c2n1. The number of nitrogens with zero attached hydrogens (tertiary/aromatic N) is 8. The van der Waals surface area contributed by atoms with Gasteiger partial charge in [0, 0.05) is 24.3 Å². The smallest absolute Gasteiger partial charge is 0.496 e. The fraction of sp³-hybridized carbons (Fsp3) is 0.290. The lowest BCUT2D eigenvalue weighted by molar-refractivity contribution is -0.275. The predicted molar refractivity (Wildman–Crippen MR) is 164 cm³/mol. The van der Waals surface area contributed by atoms with Crippen LogP contribution in [0.4, 0.5) is 52.7 Å². The summed E-state index contributed by atoms with van der Waals surface area (Å²) in [5.41, 5.74) is 1.40. The van der Waals surface area contributed by atoms with Crippen LogP contribution in [0.2, 0.25) is 0 Å². The number of hydrogen-bond acceptors (Lipinski definition) is 10. The van der Waals surface area contributed by atoms with Gasteiger partial charge in [-0.05, 0) is 60.2 Å². The maximum absolute atomic E-state index is 12.7. The molecule has 0 aliphatic carbocycles. The molecule has 24 heteroatoms. The Balaban J connectivity index is 0.000000211. The van der Waals surface area contributed by atoms with Crippen LogP contribution in [-0.2, 0) is 24.4 Å². The van der Waals surface area contributed by atoms with E-state index in [1.165, 1.54) is 50.6 Å². The van der Waals surface area contributed by atoms with Crippen molar-refractivity contribution in [3.05, 3.63) is 66.2 Å². The van der Waals surface area contributed by atoms with Crippen molar-refractivity contribution in [3.8, 4) is 39.8 Å². The number of fused-ring (bicyclic) bond motifs is 2. The Labute approximate surface area is 299 Å². The summed E-state index contributed by atoms with van der Waals surface area (Å²) in [5, 5.41) is 14.1. The molecular formula is C31H22F12N8O4. The van der Waals surface area contributed by atoms with Crippen LogP contribution in [0.15, 0.2) is 60.7 Å². The van der Waals surface area contributed by atoms with Crippen molar-refractivity contribution in [2.24, 2.45) is 0 Å². The second-order valence-corrected chi connectivity index (χ2v) is 11.0. The minimum Gasteiger partial charge on any atom is -0.496 e. The maximum atomic E-state index is 12.7. The first-order valence-electron chi connectivity index (χ1n) is 15.0. The van der Waals surface area contributed by atoms with Gasteiger partial charge in [0.1, 0.15) is 41.4 Å². The number of hydrogen-bond donors (Lipinski definition) is 0. The van der Waals surface area contributed by atoms with Crippen molar-refractivity contribution < 1.29 is 71.6 Å². The zero-order valence-corrected chi connectivity index (χ0v) is 27.6. The van der Waals surface area contributed by atoms with E-state index in [0.717, 1.165) is 24.3 Å². The molecule has 6 rings (SSSR count). The number of pyridine rings is 2. The van der Waals surface area contributed by atoms with Crippen LogP contribution in [0.3, 0.4) is 0 Å². The number of halogens is 12. The van der Waals surface area contributed by atoms with E-state index in [0.29, 0.717) is 20.5 Å². The number of methoxy groups -OCH3 is 2. The summed E-state index contributed by atoms with van der Waals surface area (Å²) in [7, 11) is 2.57. The monoisotopic (exact) mass is 798 g/mol. The van der Waals surface area contributed by atoms with E-state index in [-0.39, 0.29) is 51.6 Å². The molecule has 0 amide bonds. The van der Waals surface area contributed by atoms with Gasteiger partial charge in [0.25, 0.3) is 0 Å². The molecule has 0 N–H and O–H groups in total. The summed E-state index contributed by atoms with van der Waals surface area (Å²) in [4.78, 5) is 8.25. The highest BCUT2D eigenvalue weighted by Crippen LogP contribution is 2.35. The van der Waals surface area contributed by atoms with Crippen molar-refractivity contribution in [3.63, 3.8) is 0 Å². The van der Waals surface area contributed by atoms with Crippen LogP contribution >= 0.6 is 0 Å². The average molecular weight is 799 g/mol. The van der Waals surface area contributed by atoms with Crippen LogP contribution in [0, 0.1) is 0 Å². The van der Waals surface area contributed by atoms with Gasteiger partial charge >= 0.3 is 25.1 Å². The topological polar surface area (TPSA) is 124 Å². The molecule has 0 saturated carbocycles. The molecule has 0 unspecified atom stereocenters. The summed E-state index contributed by atoms with van der Waals surface area (Å²) in [6.07, 6.45) is -18.8. The van der Waals surface area contributed by atoms with Gasteiger partial charge in [-0.15, -0.1) is 36.5 Å². The minimum absolute atomic E-state index is 0.00144. The highest BCUT2D eigenvalue weighted by atomic mass is 19.4. The molecule has 0 radical (unpaired) electrons. The van der Waals surface area contributed by atoms with Crippen molar-refractivity contribution in [1.82, 2.24) is 40.0 Å². The first kappa shape index (κ1) is 40.2. The van der Waals surface area contributed by atoms with Crippen molar-refractivity contribution >= 4 is 22.3 Å². The lowest BCUT2D eigenvalue weighted by Gasteiger charge is -2.13. The highest BCUT2D eigenvalue weighted by Gasteiger charge is 2.33. The van der Waals surface area contributed by atoms with Crippen molar-refractivity contribution in [2.45, 2.75) is 44.8 Å². The van der Waals surface area contributed by atoms with E-state index in [9.17, 15) is 52.7 Å². The molecular weight excluding hydrogens is 776 g/mol. The molecule has 0 fully saturated rings. The first-order chi connectivity index (χ1) is 25.6. The van der Waals surface area contributed by atoms with Gasteiger partial charge in [0.2, 0.25) is 0 Å². The lowest BCUT2D eigenvalue weighted by Crippen LogP contribution is -2.19. The summed E-state index contributed by atoms with van der Waals surface area (Å²) in [6.45, 7) is -2.82. The quantitative estimate of drug-likeness (QED) is 0.133. The Bertz CT molecular complexity index is 2270. The Morgan fingerprint density at radius 1 is 0.564 bits per heavy atom. The van der Waals surface area contributed by atoms with Crippen molar-refractivity contribution in [1.29, 1.82) is 0 Å². The average Bonchev–Trinajstić information content (AvgIpc) is 3.65. The lowest BCUT2D eigenvalue weighted by atomic mass is 10.0. The summed E-state index contributed by atoms with van der Waals surface area (Å²) >= 11 is 0. The summed E-state index contributed by atoms with van der Waals surface area (Å²) in [5.74, 6) is -0.959. The number of ether oxygens (including phenoxy) is 4. The second-order valence-electron chi connectivity index (χ2n) is 11.0. The van der Waals surface area contributed by atoms with E-state index >= 15 is 0 Å². The zero-order valence-electron chi connectivity index (χ0n) is 27.6. The van der Waals surface area contributed by atoms with E-state index in [2.05, 4.69) is 40.1 Å². The minimum atomic E-state index is -4.88. The third kappa shape index (κ3) is 10.8. The van der Waals surface area contributed by atoms with Gasteiger partial charge < -0.3 is 18.9 Å². The van der Waals surface area contributed by atoms with E-state index in [1.807, 2.05) is 0 Å². The third-order valence-electron chi connectivity index (χ3n) is 6.95. The van der Waals surface area contributed by atoms with Gasteiger partial charge in [-0.2, -0.15) is 26.3 Å². The van der Waals surface area contributed by atoms with Crippen LogP contribution in [0.25, 0.3) is 44.8 Å². The van der Waals surface area contributed by atoms with Crippen molar-refractivity contribution in [2.75, 3.05) is 14.2 Å². The predicted octanol–water partition coefficient (Wildman–Crippen LogP) is 8.06. The van der Waals surface area contributed by atoms with Gasteiger partial charge in [0.15, 0.2) is 11.3 Å². The molecule has 12 nitrogen and oxygen atoms in total. The van der Waals surface area contributed by atoms with Crippen LogP contribution in [0.5, 0.6) is 17.2 Å². The molecule has 0 atom stereocenters. The number of aromatic nitrogens is 8. The molecule has 6 aromatic rings. The number of alkyl halides is 12. The van der Waals surface area contributed by atoms with Crippen LogP contribution < -0.4 is 14.2 Å². The van der Waals surface area contributed by atoms with Gasteiger partial charge in [0.05, 0.1) is 25.1 Å². The van der Waals surface area contributed by atoms with E-state index < -0.39 is 49.7 Å². The normalized spacial score (nSPS) is 12.5. The molecule has 0 saturated heterocycles. The Kier molecular flexibility index (Phi) is 11.3. The number of rotatable bonds is 9. The zero-order chi connectivity index (χ0) is 40.3. The molecule has 0 aliphatic rings. The highest BCUT2D eigenvalue weighted by molar-refractivity contribution is 5.78. The first-order valence-corrected chi connectivity index (χ1v) is 15.0. The number of benzene rings is 2. The molecule has 55 heavy (non-hydrogen) atoms. The van der Waals surface area contributed by atoms with Gasteiger partial charge in [-0.25, -0.2) is 19.3 Å². The Morgan fingerprint density at radius 3 is 1.45 bits per heavy atom. The van der Waals surface area contributed by atoms with E-state index in [4.69, 9.17) is 9.47 Å². The van der Waals surface area contributed by atoms with Crippen LogP contribution in [-0.4, -0.2) is 79.3 Å². The summed E-state index contributed by atoms with van der Waals surface area (Å²) in [6, 6.07) is 12.6. The van der Waals surface area contributed by atoms with Gasteiger partial charge in [-0.3, -0.25) is 0 Å². The molecule has 0 aliphatic heterocycles. The Hall–Kier alpha value is -5.94. The second kappa shape index (κ2) is 15.4. The van der Waals surface area contributed by atoms with Crippen LogP contribution in [0.1, 0.15) is 5.56 Å².